The van der Waals surface area contributed by atoms with Crippen molar-refractivity contribution in [3.05, 3.63) is 18.2 Å². The van der Waals surface area contributed by atoms with Crippen LogP contribution >= 0.6 is 12.4 Å². The van der Waals surface area contributed by atoms with E-state index in [1.807, 2.05) is 0 Å². The molecule has 1 atom stereocenters. The van der Waals surface area contributed by atoms with Gasteiger partial charge in [0.05, 0.1) is 29.7 Å². The summed E-state index contributed by atoms with van der Waals surface area (Å²) in [6, 6.07) is 3.52. The van der Waals surface area contributed by atoms with Crippen LogP contribution in [0.2, 0.25) is 0 Å². The average molecular weight is 434 g/mol. The Labute approximate surface area is 172 Å². The van der Waals surface area contributed by atoms with Crippen molar-refractivity contribution in [1.29, 1.82) is 0 Å². The second-order valence-corrected chi connectivity index (χ2v) is 8.90. The molecule has 1 saturated carbocycles. The lowest BCUT2D eigenvalue weighted by molar-refractivity contribution is -0.124. The summed E-state index contributed by atoms with van der Waals surface area (Å²) in [7, 11) is -3.89. The summed E-state index contributed by atoms with van der Waals surface area (Å²) in [6.45, 7) is 2.86. The Morgan fingerprint density at radius 2 is 1.82 bits per heavy atom. The van der Waals surface area contributed by atoms with Gasteiger partial charge in [-0.05, 0) is 31.9 Å². The summed E-state index contributed by atoms with van der Waals surface area (Å²) in [4.78, 5) is 12.5. The minimum atomic E-state index is -3.89. The van der Waals surface area contributed by atoms with E-state index in [1.54, 1.807) is 6.07 Å². The van der Waals surface area contributed by atoms with E-state index < -0.39 is 21.6 Å². The minimum absolute atomic E-state index is 0. The molecule has 2 aliphatic rings. The number of nitrogens with one attached hydrogen (secondary N) is 2. The van der Waals surface area contributed by atoms with Gasteiger partial charge in [-0.15, -0.1) is 12.4 Å². The summed E-state index contributed by atoms with van der Waals surface area (Å²) >= 11 is 0. The first-order chi connectivity index (χ1) is 12.9. The average Bonchev–Trinajstić information content (AvgIpc) is 2.97. The lowest BCUT2D eigenvalue weighted by atomic mass is 9.97. The number of hydrogen-bond donors (Lipinski definition) is 3. The van der Waals surface area contributed by atoms with Gasteiger partial charge in [0.15, 0.2) is 11.5 Å². The van der Waals surface area contributed by atoms with Crippen LogP contribution in [0, 0.1) is 0 Å². The van der Waals surface area contributed by atoms with E-state index in [2.05, 4.69) is 10.0 Å². The smallest absolute Gasteiger partial charge is 0.241 e. The van der Waals surface area contributed by atoms with E-state index in [-0.39, 0.29) is 23.2 Å². The first-order valence-corrected chi connectivity index (χ1v) is 10.8. The monoisotopic (exact) mass is 433 g/mol. The molecule has 0 spiro atoms. The number of halogens is 1. The van der Waals surface area contributed by atoms with Gasteiger partial charge in [0.1, 0.15) is 0 Å². The number of nitrogens with two attached hydrogens (primary N) is 1. The highest BCUT2D eigenvalue weighted by molar-refractivity contribution is 7.89. The van der Waals surface area contributed by atoms with E-state index in [4.69, 9.17) is 15.2 Å². The molecule has 0 saturated heterocycles. The molecule has 0 radical (unpaired) electrons. The first kappa shape index (κ1) is 22.7. The number of rotatable bonds is 6. The molecule has 28 heavy (non-hydrogen) atoms. The van der Waals surface area contributed by atoms with Crippen molar-refractivity contribution in [3.8, 4) is 11.5 Å². The number of hydrogen-bond acceptors (Lipinski definition) is 6. The van der Waals surface area contributed by atoms with E-state index >= 15 is 0 Å². The summed E-state index contributed by atoms with van der Waals surface area (Å²) in [5.41, 5.74) is 5.41. The van der Waals surface area contributed by atoms with Crippen molar-refractivity contribution in [2.75, 3.05) is 19.8 Å². The molecule has 8 nitrogen and oxygen atoms in total. The molecule has 1 aliphatic carbocycles. The molecule has 1 fully saturated rings. The maximum absolute atomic E-state index is 12.7. The maximum Gasteiger partial charge on any atom is 0.241 e. The fourth-order valence-corrected chi connectivity index (χ4v) is 4.68. The highest BCUT2D eigenvalue weighted by Gasteiger charge is 2.35. The SMILES string of the molecule is CC(NS(=O)(=O)c1ccc2c(c1)OCCCO2)C(=O)NC1(CN)CCCC1.Cl. The van der Waals surface area contributed by atoms with Crippen LogP contribution in [0.3, 0.4) is 0 Å². The molecule has 1 heterocycles. The van der Waals surface area contributed by atoms with Gasteiger partial charge in [-0.25, -0.2) is 8.42 Å². The van der Waals surface area contributed by atoms with E-state index in [9.17, 15) is 13.2 Å². The zero-order valence-corrected chi connectivity index (χ0v) is 17.5. The van der Waals surface area contributed by atoms with E-state index in [0.717, 1.165) is 32.1 Å². The van der Waals surface area contributed by atoms with Crippen LogP contribution in [-0.4, -0.2) is 45.7 Å². The molecule has 1 aromatic carbocycles. The highest BCUT2D eigenvalue weighted by atomic mass is 35.5. The van der Waals surface area contributed by atoms with E-state index in [0.29, 0.717) is 31.3 Å². The van der Waals surface area contributed by atoms with Crippen molar-refractivity contribution in [2.24, 2.45) is 5.73 Å². The Hall–Kier alpha value is -1.55. The van der Waals surface area contributed by atoms with Gasteiger partial charge in [0.25, 0.3) is 0 Å². The summed E-state index contributed by atoms with van der Waals surface area (Å²) in [6.07, 6.45) is 4.38. The number of sulfonamides is 1. The Morgan fingerprint density at radius 1 is 1.18 bits per heavy atom. The fraction of sp³-hybridized carbons (Fsp3) is 0.611. The van der Waals surface area contributed by atoms with Gasteiger partial charge in [-0.2, -0.15) is 4.72 Å². The van der Waals surface area contributed by atoms with Crippen molar-refractivity contribution in [2.45, 2.75) is 55.5 Å². The lowest BCUT2D eigenvalue weighted by Crippen LogP contribution is -2.56. The summed E-state index contributed by atoms with van der Waals surface area (Å²) in [5, 5.41) is 2.94. The van der Waals surface area contributed by atoms with Crippen LogP contribution in [0.15, 0.2) is 23.1 Å². The minimum Gasteiger partial charge on any atom is -0.490 e. The number of carbonyl (C=O) groups excluding carboxylic acids is 1. The molecule has 158 valence electrons. The fourth-order valence-electron chi connectivity index (χ4n) is 3.47. The van der Waals surface area contributed by atoms with Crippen LogP contribution in [-0.2, 0) is 14.8 Å². The quantitative estimate of drug-likeness (QED) is 0.622. The van der Waals surface area contributed by atoms with Gasteiger partial charge >= 0.3 is 0 Å². The Kier molecular flexibility index (Phi) is 7.55. The van der Waals surface area contributed by atoms with Gasteiger partial charge in [-0.1, -0.05) is 12.8 Å². The molecular weight excluding hydrogens is 406 g/mol. The zero-order valence-electron chi connectivity index (χ0n) is 15.9. The zero-order chi connectivity index (χ0) is 19.5. The number of carbonyl (C=O) groups is 1. The van der Waals surface area contributed by atoms with E-state index in [1.165, 1.54) is 19.1 Å². The lowest BCUT2D eigenvalue weighted by Gasteiger charge is -2.30. The summed E-state index contributed by atoms with van der Waals surface area (Å²) < 4.78 is 38.9. The number of fused-ring (bicyclic) bond motifs is 1. The third-order valence-corrected chi connectivity index (χ3v) is 6.63. The molecule has 0 bridgehead atoms. The van der Waals surface area contributed by atoms with Crippen LogP contribution in [0.4, 0.5) is 0 Å². The third kappa shape index (κ3) is 5.08. The van der Waals surface area contributed by atoms with Crippen molar-refractivity contribution in [3.63, 3.8) is 0 Å². The summed E-state index contributed by atoms with van der Waals surface area (Å²) in [5.74, 6) is 0.532. The predicted molar refractivity (Wildman–Crippen MR) is 107 cm³/mol. The van der Waals surface area contributed by atoms with Gasteiger partial charge < -0.3 is 20.5 Å². The Bertz CT molecular complexity index is 796. The molecule has 1 unspecified atom stereocenters. The van der Waals surface area contributed by atoms with Gasteiger partial charge in [-0.3, -0.25) is 4.79 Å². The molecule has 10 heteroatoms. The van der Waals surface area contributed by atoms with Crippen LogP contribution in [0.25, 0.3) is 0 Å². The highest BCUT2D eigenvalue weighted by Crippen LogP contribution is 2.32. The molecule has 1 amide bonds. The molecule has 1 aliphatic heterocycles. The van der Waals surface area contributed by atoms with Gasteiger partial charge in [0.2, 0.25) is 15.9 Å². The first-order valence-electron chi connectivity index (χ1n) is 9.29. The van der Waals surface area contributed by atoms with Crippen molar-refractivity contribution < 1.29 is 22.7 Å². The Morgan fingerprint density at radius 3 is 2.46 bits per heavy atom. The van der Waals surface area contributed by atoms with Crippen LogP contribution in [0.1, 0.15) is 39.0 Å². The Balaban J connectivity index is 0.00000280. The standard InChI is InChI=1S/C18H27N3O5S.ClH/c1-13(17(22)20-18(12-19)7-2-3-8-18)21-27(23,24)14-5-6-15-16(11-14)26-10-4-9-25-15;/h5-6,11,13,21H,2-4,7-10,12,19H2,1H3,(H,20,22);1H. The second-order valence-electron chi connectivity index (χ2n) is 7.18. The molecule has 4 N–H and O–H groups in total. The third-order valence-electron chi connectivity index (χ3n) is 5.09. The molecule has 0 aromatic heterocycles. The molecule has 3 rings (SSSR count). The number of amides is 1. The van der Waals surface area contributed by atoms with Crippen molar-refractivity contribution in [1.82, 2.24) is 10.0 Å². The predicted octanol–water partition coefficient (Wildman–Crippen LogP) is 1.32. The normalized spacial score (nSPS) is 19.2. The molecular formula is C18H28ClN3O5S. The molecule has 1 aromatic rings. The number of benzene rings is 1. The van der Waals surface area contributed by atoms with Gasteiger partial charge in [0, 0.05) is 19.0 Å². The second kappa shape index (κ2) is 9.30. The number of ether oxygens (including phenoxy) is 2. The van der Waals surface area contributed by atoms with Crippen LogP contribution < -0.4 is 25.2 Å². The van der Waals surface area contributed by atoms with Crippen LogP contribution in [0.5, 0.6) is 11.5 Å². The maximum atomic E-state index is 12.7. The largest absolute Gasteiger partial charge is 0.490 e. The topological polar surface area (TPSA) is 120 Å². The van der Waals surface area contributed by atoms with Crippen molar-refractivity contribution >= 4 is 28.3 Å².